The van der Waals surface area contributed by atoms with Crippen molar-refractivity contribution in [1.82, 2.24) is 19.4 Å². The molecule has 0 saturated heterocycles. The van der Waals surface area contributed by atoms with Gasteiger partial charge in [0.1, 0.15) is 10.8 Å². The van der Waals surface area contributed by atoms with Crippen molar-refractivity contribution in [2.45, 2.75) is 58.0 Å². The van der Waals surface area contributed by atoms with Gasteiger partial charge in [-0.05, 0) is 56.2 Å². The second-order valence-electron chi connectivity index (χ2n) is 7.46. The minimum absolute atomic E-state index is 0.0315. The molecule has 0 aromatic carbocycles. The van der Waals surface area contributed by atoms with Gasteiger partial charge in [-0.2, -0.15) is 0 Å². The zero-order valence-corrected chi connectivity index (χ0v) is 16.2. The normalized spacial score (nSPS) is 16.0. The predicted octanol–water partition coefficient (Wildman–Crippen LogP) is 3.88. The molecule has 1 aliphatic heterocycles. The van der Waals surface area contributed by atoms with Crippen LogP contribution in [0.4, 0.5) is 0 Å². The van der Waals surface area contributed by atoms with Crippen LogP contribution in [0.3, 0.4) is 0 Å². The SMILES string of the molecule is O=C(NCc1cn2c(n1)CCCC2)c1c(-n2cccc2)sc2c1CCCC2. The number of thiophene rings is 1. The van der Waals surface area contributed by atoms with Crippen molar-refractivity contribution in [3.8, 4) is 5.00 Å². The molecule has 0 spiro atoms. The number of aryl methyl sites for hydroxylation is 3. The van der Waals surface area contributed by atoms with E-state index in [0.29, 0.717) is 6.54 Å². The summed E-state index contributed by atoms with van der Waals surface area (Å²) in [7, 11) is 0. The summed E-state index contributed by atoms with van der Waals surface area (Å²) in [5, 5.41) is 4.19. The average molecular weight is 381 g/mol. The topological polar surface area (TPSA) is 51.9 Å². The van der Waals surface area contributed by atoms with E-state index in [1.165, 1.54) is 36.1 Å². The highest BCUT2D eigenvalue weighted by Gasteiger charge is 2.26. The molecule has 140 valence electrons. The molecule has 0 radical (unpaired) electrons. The Hall–Kier alpha value is -2.34. The highest BCUT2D eigenvalue weighted by Crippen LogP contribution is 2.36. The fraction of sp³-hybridized carbons (Fsp3) is 0.429. The zero-order valence-electron chi connectivity index (χ0n) is 15.4. The number of amides is 1. The molecule has 5 nitrogen and oxygen atoms in total. The van der Waals surface area contributed by atoms with Crippen molar-refractivity contribution < 1.29 is 4.79 Å². The quantitative estimate of drug-likeness (QED) is 0.747. The number of fused-ring (bicyclic) bond motifs is 2. The fourth-order valence-electron chi connectivity index (χ4n) is 4.25. The lowest BCUT2D eigenvalue weighted by atomic mass is 9.95. The van der Waals surface area contributed by atoms with Crippen molar-refractivity contribution >= 4 is 17.2 Å². The monoisotopic (exact) mass is 380 g/mol. The van der Waals surface area contributed by atoms with E-state index in [-0.39, 0.29) is 5.91 Å². The Morgan fingerprint density at radius 3 is 2.78 bits per heavy atom. The molecule has 0 atom stereocenters. The van der Waals surface area contributed by atoms with E-state index in [1.54, 1.807) is 11.3 Å². The van der Waals surface area contributed by atoms with Crippen LogP contribution in [-0.2, 0) is 32.4 Å². The van der Waals surface area contributed by atoms with Gasteiger partial charge in [0.05, 0.1) is 17.8 Å². The Labute approximate surface area is 163 Å². The first-order chi connectivity index (χ1) is 13.3. The molecule has 5 rings (SSSR count). The van der Waals surface area contributed by atoms with E-state index in [1.807, 2.05) is 24.5 Å². The minimum atomic E-state index is 0.0315. The van der Waals surface area contributed by atoms with Gasteiger partial charge < -0.3 is 14.5 Å². The third-order valence-electron chi connectivity index (χ3n) is 5.61. The second-order valence-corrected chi connectivity index (χ2v) is 8.55. The number of aromatic nitrogens is 3. The Bertz CT molecular complexity index is 943. The number of nitrogens with one attached hydrogen (secondary N) is 1. The lowest BCUT2D eigenvalue weighted by molar-refractivity contribution is 0.0949. The van der Waals surface area contributed by atoms with Crippen molar-refractivity contribution in [2.75, 3.05) is 0 Å². The summed E-state index contributed by atoms with van der Waals surface area (Å²) in [6.45, 7) is 1.54. The predicted molar refractivity (Wildman–Crippen MR) is 107 cm³/mol. The molecule has 1 N–H and O–H groups in total. The van der Waals surface area contributed by atoms with Crippen LogP contribution in [0, 0.1) is 0 Å². The van der Waals surface area contributed by atoms with Crippen molar-refractivity contribution in [2.24, 2.45) is 0 Å². The molecule has 0 bridgehead atoms. The summed E-state index contributed by atoms with van der Waals surface area (Å²) in [6.07, 6.45) is 14.1. The molecule has 0 saturated carbocycles. The third kappa shape index (κ3) is 3.12. The lowest BCUT2D eigenvalue weighted by Crippen LogP contribution is -2.25. The summed E-state index contributed by atoms with van der Waals surface area (Å²) in [5.41, 5.74) is 3.10. The maximum Gasteiger partial charge on any atom is 0.254 e. The van der Waals surface area contributed by atoms with Gasteiger partial charge in [0.2, 0.25) is 0 Å². The molecule has 1 aliphatic carbocycles. The zero-order chi connectivity index (χ0) is 18.2. The van der Waals surface area contributed by atoms with Gasteiger partial charge in [0.15, 0.2) is 0 Å². The van der Waals surface area contributed by atoms with Gasteiger partial charge in [0, 0.05) is 36.4 Å². The van der Waals surface area contributed by atoms with Crippen LogP contribution in [0.1, 0.15) is 58.0 Å². The highest BCUT2D eigenvalue weighted by atomic mass is 32.1. The van der Waals surface area contributed by atoms with E-state index in [2.05, 4.69) is 20.6 Å². The molecule has 1 amide bonds. The van der Waals surface area contributed by atoms with Crippen LogP contribution < -0.4 is 5.32 Å². The number of hydrogen-bond acceptors (Lipinski definition) is 3. The lowest BCUT2D eigenvalue weighted by Gasteiger charge is -2.13. The molecule has 4 heterocycles. The summed E-state index contributed by atoms with van der Waals surface area (Å²) in [5.74, 6) is 1.19. The van der Waals surface area contributed by atoms with E-state index in [9.17, 15) is 4.79 Å². The molecule has 6 heteroatoms. The number of imidazole rings is 1. The number of rotatable bonds is 4. The van der Waals surface area contributed by atoms with E-state index >= 15 is 0 Å². The van der Waals surface area contributed by atoms with E-state index < -0.39 is 0 Å². The number of nitrogens with zero attached hydrogens (tertiary/aromatic N) is 3. The first kappa shape index (κ1) is 16.8. The number of carbonyl (C=O) groups is 1. The Morgan fingerprint density at radius 1 is 1.11 bits per heavy atom. The minimum Gasteiger partial charge on any atom is -0.346 e. The summed E-state index contributed by atoms with van der Waals surface area (Å²) in [4.78, 5) is 19.2. The molecular formula is C21H24N4OS. The van der Waals surface area contributed by atoms with Crippen molar-refractivity contribution in [1.29, 1.82) is 0 Å². The summed E-state index contributed by atoms with van der Waals surface area (Å²) >= 11 is 1.77. The van der Waals surface area contributed by atoms with Gasteiger partial charge in [0.25, 0.3) is 5.91 Å². The maximum absolute atomic E-state index is 13.2. The molecule has 3 aromatic rings. The molecule has 27 heavy (non-hydrogen) atoms. The van der Waals surface area contributed by atoms with Crippen LogP contribution in [0.5, 0.6) is 0 Å². The molecule has 3 aromatic heterocycles. The molecule has 0 unspecified atom stereocenters. The smallest absolute Gasteiger partial charge is 0.254 e. The largest absolute Gasteiger partial charge is 0.346 e. The first-order valence-electron chi connectivity index (χ1n) is 9.90. The summed E-state index contributed by atoms with van der Waals surface area (Å²) in [6, 6.07) is 4.02. The summed E-state index contributed by atoms with van der Waals surface area (Å²) < 4.78 is 4.32. The van der Waals surface area contributed by atoms with Gasteiger partial charge in [-0.3, -0.25) is 4.79 Å². The number of hydrogen-bond donors (Lipinski definition) is 1. The van der Waals surface area contributed by atoms with E-state index in [0.717, 1.165) is 47.9 Å². The van der Waals surface area contributed by atoms with Gasteiger partial charge in [-0.15, -0.1) is 11.3 Å². The third-order valence-corrected chi connectivity index (χ3v) is 6.91. The highest BCUT2D eigenvalue weighted by molar-refractivity contribution is 7.15. The van der Waals surface area contributed by atoms with Crippen LogP contribution in [0.2, 0.25) is 0 Å². The van der Waals surface area contributed by atoms with Crippen molar-refractivity contribution in [3.63, 3.8) is 0 Å². The maximum atomic E-state index is 13.2. The Morgan fingerprint density at radius 2 is 1.93 bits per heavy atom. The van der Waals surface area contributed by atoms with E-state index in [4.69, 9.17) is 4.98 Å². The van der Waals surface area contributed by atoms with Crippen LogP contribution in [0.15, 0.2) is 30.7 Å². The fourth-order valence-corrected chi connectivity index (χ4v) is 5.61. The molecule has 0 fully saturated rings. The van der Waals surface area contributed by atoms with Gasteiger partial charge in [-0.25, -0.2) is 4.98 Å². The van der Waals surface area contributed by atoms with Crippen LogP contribution in [0.25, 0.3) is 5.00 Å². The average Bonchev–Trinajstić information content (AvgIpc) is 3.43. The van der Waals surface area contributed by atoms with Crippen molar-refractivity contribution in [3.05, 3.63) is 58.2 Å². The molecular weight excluding hydrogens is 356 g/mol. The Balaban J connectivity index is 1.41. The van der Waals surface area contributed by atoms with Gasteiger partial charge >= 0.3 is 0 Å². The molecule has 2 aliphatic rings. The number of carbonyl (C=O) groups excluding carboxylic acids is 1. The Kier molecular flexibility index (Phi) is 4.36. The second kappa shape index (κ2) is 7.00. The van der Waals surface area contributed by atoms with Crippen LogP contribution >= 0.6 is 11.3 Å². The van der Waals surface area contributed by atoms with Gasteiger partial charge in [-0.1, -0.05) is 0 Å². The van der Waals surface area contributed by atoms with Crippen LogP contribution in [-0.4, -0.2) is 20.0 Å². The standard InChI is InChI=1S/C21H24N4OS/c26-20(22-13-15-14-25-12-4-3-9-18(25)23-15)19-16-7-1-2-8-17(16)27-21(19)24-10-5-6-11-24/h5-6,10-11,14H,1-4,7-9,12-13H2,(H,22,26). The first-order valence-corrected chi connectivity index (χ1v) is 10.7.